The molecule has 3 heterocycles. The normalized spacial score (nSPS) is 10.3. The Kier molecular flexibility index (Phi) is 3.38. The van der Waals surface area contributed by atoms with Crippen LogP contribution in [0.5, 0.6) is 0 Å². The molecule has 0 saturated heterocycles. The zero-order valence-corrected chi connectivity index (χ0v) is 10.8. The zero-order chi connectivity index (χ0) is 14.7. The molecule has 0 spiro atoms. The van der Waals surface area contributed by atoms with Crippen molar-refractivity contribution in [3.63, 3.8) is 0 Å². The van der Waals surface area contributed by atoms with Gasteiger partial charge in [0.25, 0.3) is 5.91 Å². The molecule has 1 amide bonds. The molecule has 7 heteroatoms. The summed E-state index contributed by atoms with van der Waals surface area (Å²) in [6, 6.07) is 7.66. The number of nitrogens with one attached hydrogen (secondary N) is 1. The van der Waals surface area contributed by atoms with Crippen molar-refractivity contribution in [2.24, 2.45) is 0 Å². The van der Waals surface area contributed by atoms with Crippen molar-refractivity contribution in [1.82, 2.24) is 19.7 Å². The van der Waals surface area contributed by atoms with Crippen molar-refractivity contribution >= 4 is 11.6 Å². The van der Waals surface area contributed by atoms with Gasteiger partial charge in [-0.05, 0) is 30.3 Å². The first-order valence-corrected chi connectivity index (χ1v) is 6.12. The molecule has 1 N–H and O–H groups in total. The smallest absolute Gasteiger partial charge is 0.257 e. The number of nitrogens with zero attached hydrogens (tertiary/aromatic N) is 4. The molecule has 0 aliphatic rings. The van der Waals surface area contributed by atoms with Gasteiger partial charge in [-0.25, -0.2) is 14.6 Å². The number of anilines is 1. The van der Waals surface area contributed by atoms with E-state index in [1.807, 2.05) is 0 Å². The lowest BCUT2D eigenvalue weighted by Crippen LogP contribution is -2.15. The molecule has 0 aromatic carbocycles. The Labute approximate surface area is 119 Å². The summed E-state index contributed by atoms with van der Waals surface area (Å²) in [5.74, 6) is -0.542. The second kappa shape index (κ2) is 5.49. The van der Waals surface area contributed by atoms with Crippen molar-refractivity contribution in [3.8, 4) is 5.82 Å². The lowest BCUT2D eigenvalue weighted by molar-refractivity contribution is 0.102. The van der Waals surface area contributed by atoms with Gasteiger partial charge in [0.1, 0.15) is 0 Å². The van der Waals surface area contributed by atoms with Crippen molar-refractivity contribution < 1.29 is 9.18 Å². The van der Waals surface area contributed by atoms with Gasteiger partial charge >= 0.3 is 0 Å². The predicted octanol–water partition coefficient (Wildman–Crippen LogP) is 2.05. The third-order valence-electron chi connectivity index (χ3n) is 2.75. The first-order valence-electron chi connectivity index (χ1n) is 6.12. The van der Waals surface area contributed by atoms with E-state index < -0.39 is 11.9 Å². The Hall–Kier alpha value is -3.09. The number of amides is 1. The SMILES string of the molecule is O=C(Nc1cccnc1-n1cccn1)c1ccc(F)nc1. The van der Waals surface area contributed by atoms with E-state index in [9.17, 15) is 9.18 Å². The van der Waals surface area contributed by atoms with E-state index in [2.05, 4.69) is 20.4 Å². The van der Waals surface area contributed by atoms with E-state index in [0.717, 1.165) is 6.07 Å². The predicted molar refractivity (Wildman–Crippen MR) is 73.5 cm³/mol. The Morgan fingerprint density at radius 2 is 2.05 bits per heavy atom. The number of hydrogen-bond acceptors (Lipinski definition) is 4. The van der Waals surface area contributed by atoms with Gasteiger partial charge in [-0.2, -0.15) is 9.49 Å². The van der Waals surface area contributed by atoms with Gasteiger partial charge < -0.3 is 5.32 Å². The van der Waals surface area contributed by atoms with Crippen LogP contribution in [0, 0.1) is 5.95 Å². The summed E-state index contributed by atoms with van der Waals surface area (Å²) in [7, 11) is 0. The van der Waals surface area contributed by atoms with Crippen LogP contribution >= 0.6 is 0 Å². The highest BCUT2D eigenvalue weighted by Gasteiger charge is 2.11. The molecule has 3 aromatic rings. The van der Waals surface area contributed by atoms with E-state index in [-0.39, 0.29) is 5.56 Å². The second-order valence-corrected chi connectivity index (χ2v) is 4.15. The first-order chi connectivity index (χ1) is 10.2. The standard InChI is InChI=1S/C14H10FN5O/c15-12-5-4-10(9-17-12)14(21)19-11-3-1-6-16-13(11)20-8-2-7-18-20/h1-9H,(H,19,21). The van der Waals surface area contributed by atoms with Crippen LogP contribution in [-0.4, -0.2) is 25.7 Å². The van der Waals surface area contributed by atoms with Crippen LogP contribution in [0.3, 0.4) is 0 Å². The van der Waals surface area contributed by atoms with Gasteiger partial charge in [0.15, 0.2) is 5.82 Å². The van der Waals surface area contributed by atoms with E-state index in [1.165, 1.54) is 12.3 Å². The number of carbonyl (C=O) groups excluding carboxylic acids is 1. The number of halogens is 1. The molecule has 21 heavy (non-hydrogen) atoms. The van der Waals surface area contributed by atoms with Gasteiger partial charge in [-0.15, -0.1) is 0 Å². The molecule has 0 radical (unpaired) electrons. The summed E-state index contributed by atoms with van der Waals surface area (Å²) < 4.78 is 14.3. The Morgan fingerprint density at radius 3 is 2.76 bits per heavy atom. The highest BCUT2D eigenvalue weighted by atomic mass is 19.1. The van der Waals surface area contributed by atoms with Crippen LogP contribution in [0.1, 0.15) is 10.4 Å². The number of carbonyl (C=O) groups is 1. The molecule has 3 rings (SSSR count). The summed E-state index contributed by atoms with van der Waals surface area (Å²) in [6.07, 6.45) is 6.11. The number of aromatic nitrogens is 4. The third-order valence-corrected chi connectivity index (χ3v) is 2.75. The van der Waals surface area contributed by atoms with Crippen LogP contribution < -0.4 is 5.32 Å². The maximum Gasteiger partial charge on any atom is 0.257 e. The van der Waals surface area contributed by atoms with E-state index in [4.69, 9.17) is 0 Å². The van der Waals surface area contributed by atoms with Crippen LogP contribution in [0.25, 0.3) is 5.82 Å². The van der Waals surface area contributed by atoms with Gasteiger partial charge in [0.2, 0.25) is 5.95 Å². The molecule has 104 valence electrons. The van der Waals surface area contributed by atoms with Crippen molar-refractivity contribution in [3.05, 3.63) is 66.6 Å². The summed E-state index contributed by atoms with van der Waals surface area (Å²) in [5.41, 5.74) is 0.752. The number of hydrogen-bond donors (Lipinski definition) is 1. The molecule has 0 saturated carbocycles. The summed E-state index contributed by atoms with van der Waals surface area (Å²) in [6.45, 7) is 0. The monoisotopic (exact) mass is 283 g/mol. The minimum atomic E-state index is -0.634. The quantitative estimate of drug-likeness (QED) is 0.747. The average Bonchev–Trinajstić information content (AvgIpc) is 3.02. The van der Waals surface area contributed by atoms with E-state index >= 15 is 0 Å². The van der Waals surface area contributed by atoms with Crippen molar-refractivity contribution in [2.75, 3.05) is 5.32 Å². The molecular formula is C14H10FN5O. The Morgan fingerprint density at radius 1 is 1.14 bits per heavy atom. The largest absolute Gasteiger partial charge is 0.319 e. The Balaban J connectivity index is 1.88. The van der Waals surface area contributed by atoms with Gasteiger partial charge in [0, 0.05) is 24.8 Å². The minimum absolute atomic E-state index is 0.256. The highest BCUT2D eigenvalue weighted by molar-refractivity contribution is 6.04. The van der Waals surface area contributed by atoms with Crippen LogP contribution in [0.2, 0.25) is 0 Å². The third kappa shape index (κ3) is 2.76. The lowest BCUT2D eigenvalue weighted by Gasteiger charge is -2.09. The fourth-order valence-corrected chi connectivity index (χ4v) is 1.78. The topological polar surface area (TPSA) is 72.7 Å². The van der Waals surface area contributed by atoms with Crippen LogP contribution in [0.4, 0.5) is 10.1 Å². The molecular weight excluding hydrogens is 273 g/mol. The molecule has 0 unspecified atom stereocenters. The molecule has 0 fully saturated rings. The summed E-state index contributed by atoms with van der Waals surface area (Å²) in [4.78, 5) is 19.8. The number of rotatable bonds is 3. The van der Waals surface area contributed by atoms with Gasteiger partial charge in [-0.3, -0.25) is 4.79 Å². The van der Waals surface area contributed by atoms with Gasteiger partial charge in [-0.1, -0.05) is 0 Å². The highest BCUT2D eigenvalue weighted by Crippen LogP contribution is 2.17. The van der Waals surface area contributed by atoms with Crippen molar-refractivity contribution in [1.29, 1.82) is 0 Å². The van der Waals surface area contributed by atoms with Gasteiger partial charge in [0.05, 0.1) is 11.3 Å². The van der Waals surface area contributed by atoms with Crippen LogP contribution in [0.15, 0.2) is 55.1 Å². The lowest BCUT2D eigenvalue weighted by atomic mass is 10.2. The maximum atomic E-state index is 12.8. The average molecular weight is 283 g/mol. The molecule has 3 aromatic heterocycles. The molecule has 0 bridgehead atoms. The second-order valence-electron chi connectivity index (χ2n) is 4.15. The minimum Gasteiger partial charge on any atom is -0.319 e. The summed E-state index contributed by atoms with van der Waals surface area (Å²) in [5, 5.41) is 6.79. The maximum absolute atomic E-state index is 12.8. The van der Waals surface area contributed by atoms with E-state index in [0.29, 0.717) is 11.5 Å². The zero-order valence-electron chi connectivity index (χ0n) is 10.8. The molecule has 0 aliphatic heterocycles. The number of pyridine rings is 2. The Bertz CT molecular complexity index is 755. The molecule has 0 atom stereocenters. The van der Waals surface area contributed by atoms with Crippen molar-refractivity contribution in [2.45, 2.75) is 0 Å². The fraction of sp³-hybridized carbons (Fsp3) is 0. The molecule has 6 nitrogen and oxygen atoms in total. The van der Waals surface area contributed by atoms with Crippen LogP contribution in [-0.2, 0) is 0 Å². The summed E-state index contributed by atoms with van der Waals surface area (Å²) >= 11 is 0. The fourth-order valence-electron chi connectivity index (χ4n) is 1.78. The first kappa shape index (κ1) is 12.9. The molecule has 0 aliphatic carbocycles. The van der Waals surface area contributed by atoms with E-state index in [1.54, 1.807) is 41.5 Å².